The molecule has 1 aromatic rings. The third-order valence-corrected chi connectivity index (χ3v) is 1.78. The molecule has 0 aliphatic heterocycles. The molecule has 0 heterocycles. The summed E-state index contributed by atoms with van der Waals surface area (Å²) in [6.45, 7) is -3.10. The van der Waals surface area contributed by atoms with Gasteiger partial charge in [-0.05, 0) is 18.2 Å². The highest BCUT2D eigenvalue weighted by Gasteiger charge is 2.33. The van der Waals surface area contributed by atoms with Gasteiger partial charge in [-0.1, -0.05) is 11.6 Å². The first-order chi connectivity index (χ1) is 6.80. The Bertz CT molecular complexity index is 349. The molecular formula is C8H4ClF5O. The van der Waals surface area contributed by atoms with Gasteiger partial charge in [0.1, 0.15) is 5.75 Å². The summed E-state index contributed by atoms with van der Waals surface area (Å²) >= 11 is 5.25. The third-order valence-electron chi connectivity index (χ3n) is 1.47. The molecule has 0 aliphatic carbocycles. The van der Waals surface area contributed by atoms with Crippen molar-refractivity contribution in [2.75, 3.05) is 0 Å². The second kappa shape index (κ2) is 4.22. The molecule has 0 saturated carbocycles. The molecule has 15 heavy (non-hydrogen) atoms. The largest absolute Gasteiger partial charge is 0.435 e. The number of hydrogen-bond acceptors (Lipinski definition) is 1. The van der Waals surface area contributed by atoms with Gasteiger partial charge in [0.15, 0.2) is 0 Å². The van der Waals surface area contributed by atoms with Gasteiger partial charge in [-0.3, -0.25) is 0 Å². The highest BCUT2D eigenvalue weighted by atomic mass is 35.5. The number of rotatable bonds is 2. The molecule has 1 aromatic carbocycles. The van der Waals surface area contributed by atoms with E-state index in [1.165, 1.54) is 0 Å². The molecule has 0 bridgehead atoms. The molecule has 0 fully saturated rings. The Morgan fingerprint density at radius 1 is 1.20 bits per heavy atom. The molecule has 0 spiro atoms. The average Bonchev–Trinajstić information content (AvgIpc) is 1.99. The third kappa shape index (κ3) is 3.23. The molecule has 1 rings (SSSR count). The van der Waals surface area contributed by atoms with Gasteiger partial charge in [0.25, 0.3) is 0 Å². The predicted molar refractivity (Wildman–Crippen MR) is 43.1 cm³/mol. The van der Waals surface area contributed by atoms with Crippen molar-refractivity contribution in [3.63, 3.8) is 0 Å². The van der Waals surface area contributed by atoms with Gasteiger partial charge in [0.2, 0.25) is 0 Å². The molecule has 0 atom stereocenters. The second-order valence-electron chi connectivity index (χ2n) is 2.52. The first-order valence-electron chi connectivity index (χ1n) is 3.62. The lowest BCUT2D eigenvalue weighted by molar-refractivity contribution is -0.137. The van der Waals surface area contributed by atoms with E-state index in [-0.39, 0.29) is 0 Å². The van der Waals surface area contributed by atoms with Crippen molar-refractivity contribution in [2.24, 2.45) is 0 Å². The van der Waals surface area contributed by atoms with E-state index in [1.807, 2.05) is 0 Å². The van der Waals surface area contributed by atoms with Crippen LogP contribution in [0.4, 0.5) is 22.0 Å². The SMILES string of the molecule is FC(F)Oc1ccc(C(F)(F)F)c(Cl)c1. The first-order valence-corrected chi connectivity index (χ1v) is 4.00. The van der Waals surface area contributed by atoms with Crippen LogP contribution in [0.2, 0.25) is 5.02 Å². The maximum Gasteiger partial charge on any atom is 0.417 e. The van der Waals surface area contributed by atoms with Gasteiger partial charge < -0.3 is 4.74 Å². The molecule has 7 heteroatoms. The summed E-state index contributed by atoms with van der Waals surface area (Å²) in [7, 11) is 0. The summed E-state index contributed by atoms with van der Waals surface area (Å²) in [5.74, 6) is -0.414. The van der Waals surface area contributed by atoms with Crippen molar-refractivity contribution in [3.05, 3.63) is 28.8 Å². The maximum absolute atomic E-state index is 12.2. The van der Waals surface area contributed by atoms with Crippen LogP contribution >= 0.6 is 11.6 Å². The summed E-state index contributed by atoms with van der Waals surface area (Å²) in [6.07, 6.45) is -4.61. The first kappa shape index (κ1) is 12.0. The van der Waals surface area contributed by atoms with E-state index in [4.69, 9.17) is 11.6 Å². The minimum Gasteiger partial charge on any atom is -0.435 e. The van der Waals surface area contributed by atoms with Crippen LogP contribution in [0, 0.1) is 0 Å². The number of halogens is 6. The van der Waals surface area contributed by atoms with Crippen molar-refractivity contribution < 1.29 is 26.7 Å². The molecule has 0 unspecified atom stereocenters. The smallest absolute Gasteiger partial charge is 0.417 e. The standard InChI is InChI=1S/C8H4ClF5O/c9-6-3-4(15-7(10)11)1-2-5(6)8(12,13)14/h1-3,7H. The van der Waals surface area contributed by atoms with Crippen LogP contribution in [0.15, 0.2) is 18.2 Å². The zero-order valence-electron chi connectivity index (χ0n) is 6.99. The van der Waals surface area contributed by atoms with Gasteiger partial charge in [0, 0.05) is 0 Å². The van der Waals surface area contributed by atoms with Crippen LogP contribution in [-0.2, 0) is 6.18 Å². The number of benzene rings is 1. The van der Waals surface area contributed by atoms with Gasteiger partial charge in [-0.2, -0.15) is 22.0 Å². The van der Waals surface area contributed by atoms with Crippen LogP contribution < -0.4 is 4.74 Å². The van der Waals surface area contributed by atoms with Crippen molar-refractivity contribution in [1.29, 1.82) is 0 Å². The van der Waals surface area contributed by atoms with Crippen molar-refractivity contribution in [1.82, 2.24) is 0 Å². The summed E-state index contributed by atoms with van der Waals surface area (Å²) in [5, 5.41) is -0.680. The minimum atomic E-state index is -4.61. The zero-order chi connectivity index (χ0) is 11.6. The quantitative estimate of drug-likeness (QED) is 0.718. The lowest BCUT2D eigenvalue weighted by Crippen LogP contribution is -2.07. The summed E-state index contributed by atoms with van der Waals surface area (Å²) in [5.41, 5.74) is -1.09. The van der Waals surface area contributed by atoms with E-state index in [9.17, 15) is 22.0 Å². The van der Waals surface area contributed by atoms with Gasteiger partial charge >= 0.3 is 12.8 Å². The van der Waals surface area contributed by atoms with Crippen LogP contribution in [0.1, 0.15) is 5.56 Å². The number of hydrogen-bond donors (Lipinski definition) is 0. The van der Waals surface area contributed by atoms with Crippen LogP contribution in [-0.4, -0.2) is 6.61 Å². The van der Waals surface area contributed by atoms with E-state index in [1.54, 1.807) is 0 Å². The Labute approximate surface area is 86.4 Å². The highest BCUT2D eigenvalue weighted by Crippen LogP contribution is 2.36. The topological polar surface area (TPSA) is 9.23 Å². The van der Waals surface area contributed by atoms with Gasteiger partial charge in [0.05, 0.1) is 10.6 Å². The Morgan fingerprint density at radius 3 is 2.20 bits per heavy atom. The Hall–Kier alpha value is -1.04. The maximum atomic E-state index is 12.2. The molecular weight excluding hydrogens is 243 g/mol. The highest BCUT2D eigenvalue weighted by molar-refractivity contribution is 6.31. The lowest BCUT2D eigenvalue weighted by atomic mass is 10.2. The second-order valence-corrected chi connectivity index (χ2v) is 2.93. The monoisotopic (exact) mass is 246 g/mol. The van der Waals surface area contributed by atoms with Gasteiger partial charge in [-0.15, -0.1) is 0 Å². The van der Waals surface area contributed by atoms with Crippen molar-refractivity contribution >= 4 is 11.6 Å². The van der Waals surface area contributed by atoms with Crippen LogP contribution in [0.5, 0.6) is 5.75 Å². The van der Waals surface area contributed by atoms with E-state index in [0.29, 0.717) is 12.1 Å². The average molecular weight is 247 g/mol. The van der Waals surface area contributed by atoms with E-state index >= 15 is 0 Å². The van der Waals surface area contributed by atoms with Crippen molar-refractivity contribution in [3.8, 4) is 5.75 Å². The minimum absolute atomic E-state index is 0.414. The molecule has 0 saturated heterocycles. The zero-order valence-corrected chi connectivity index (χ0v) is 7.74. The normalized spacial score (nSPS) is 11.9. The number of ether oxygens (including phenoxy) is 1. The summed E-state index contributed by atoms with van der Waals surface area (Å²) in [4.78, 5) is 0. The fourth-order valence-corrected chi connectivity index (χ4v) is 1.18. The Morgan fingerprint density at radius 2 is 1.80 bits per heavy atom. The molecule has 0 radical (unpaired) electrons. The fourth-order valence-electron chi connectivity index (χ4n) is 0.902. The summed E-state index contributed by atoms with van der Waals surface area (Å²) in [6, 6.07) is 2.05. The van der Waals surface area contributed by atoms with Crippen LogP contribution in [0.25, 0.3) is 0 Å². The Kier molecular flexibility index (Phi) is 3.38. The summed E-state index contributed by atoms with van der Waals surface area (Å²) < 4.78 is 63.8. The van der Waals surface area contributed by atoms with E-state index in [0.717, 1.165) is 6.07 Å². The lowest BCUT2D eigenvalue weighted by Gasteiger charge is -2.10. The van der Waals surface area contributed by atoms with Gasteiger partial charge in [-0.25, -0.2) is 0 Å². The van der Waals surface area contributed by atoms with E-state index < -0.39 is 29.1 Å². The molecule has 84 valence electrons. The fraction of sp³-hybridized carbons (Fsp3) is 0.250. The van der Waals surface area contributed by atoms with Crippen LogP contribution in [0.3, 0.4) is 0 Å². The molecule has 0 N–H and O–H groups in total. The molecule has 0 amide bonds. The Balaban J connectivity index is 2.99. The van der Waals surface area contributed by atoms with Crippen molar-refractivity contribution in [2.45, 2.75) is 12.8 Å². The van der Waals surface area contributed by atoms with E-state index in [2.05, 4.69) is 4.74 Å². The molecule has 0 aromatic heterocycles. The number of alkyl halides is 5. The predicted octanol–water partition coefficient (Wildman–Crippen LogP) is 3.96. The molecule has 1 nitrogen and oxygen atoms in total. The molecule has 0 aliphatic rings.